The summed E-state index contributed by atoms with van der Waals surface area (Å²) in [6, 6.07) is 9.72. The van der Waals surface area contributed by atoms with Crippen LogP contribution >= 0.6 is 0 Å². The van der Waals surface area contributed by atoms with E-state index in [4.69, 9.17) is 0 Å². The second kappa shape index (κ2) is 7.90. The molecule has 0 aliphatic heterocycles. The lowest BCUT2D eigenvalue weighted by Crippen LogP contribution is -2.31. The Kier molecular flexibility index (Phi) is 5.40. The molecule has 8 nitrogen and oxygen atoms in total. The number of non-ortho nitro benzene ring substituents is 1. The first-order chi connectivity index (χ1) is 12.5. The number of aliphatic carboxylic acids is 1. The number of rotatable bonds is 6. The highest BCUT2D eigenvalue weighted by molar-refractivity contribution is 5.70. The van der Waals surface area contributed by atoms with Crippen molar-refractivity contribution >= 4 is 17.5 Å². The van der Waals surface area contributed by atoms with Crippen molar-refractivity contribution in [2.45, 2.75) is 25.7 Å². The summed E-state index contributed by atoms with van der Waals surface area (Å²) in [6.07, 6.45) is 3.63. The minimum absolute atomic E-state index is 0.00325. The average Bonchev–Trinajstić information content (AvgIpc) is 2.67. The molecule has 1 saturated carbocycles. The summed E-state index contributed by atoms with van der Waals surface area (Å²) in [5.41, 5.74) is 1.17. The first-order valence-electron chi connectivity index (χ1n) is 8.60. The number of hydrogen-bond donors (Lipinski definition) is 2. The van der Waals surface area contributed by atoms with E-state index in [1.807, 2.05) is 0 Å². The lowest BCUT2D eigenvalue weighted by Gasteiger charge is -2.28. The first-order valence-corrected chi connectivity index (χ1v) is 8.60. The van der Waals surface area contributed by atoms with Gasteiger partial charge in [0.05, 0.1) is 16.5 Å². The lowest BCUT2D eigenvalue weighted by atomic mass is 9.79. The van der Waals surface area contributed by atoms with Crippen molar-refractivity contribution in [1.29, 1.82) is 0 Å². The van der Waals surface area contributed by atoms with Crippen molar-refractivity contribution in [3.63, 3.8) is 0 Å². The van der Waals surface area contributed by atoms with Crippen molar-refractivity contribution in [2.24, 2.45) is 11.8 Å². The smallest absolute Gasteiger partial charge is 0.306 e. The van der Waals surface area contributed by atoms with E-state index in [2.05, 4.69) is 15.5 Å². The molecule has 2 N–H and O–H groups in total. The topological polar surface area (TPSA) is 118 Å². The van der Waals surface area contributed by atoms with Crippen LogP contribution in [-0.2, 0) is 4.79 Å². The van der Waals surface area contributed by atoms with Gasteiger partial charge in [0.25, 0.3) is 5.69 Å². The molecule has 1 aliphatic carbocycles. The maximum Gasteiger partial charge on any atom is 0.306 e. The van der Waals surface area contributed by atoms with Gasteiger partial charge in [0.2, 0.25) is 0 Å². The van der Waals surface area contributed by atoms with E-state index in [1.165, 1.54) is 12.1 Å². The Bertz CT molecular complexity index is 794. The predicted octanol–water partition coefficient (Wildman–Crippen LogP) is 3.35. The number of aromatic nitrogens is 2. The molecule has 1 aromatic carbocycles. The normalized spacial score (nSPS) is 19.7. The quantitative estimate of drug-likeness (QED) is 0.602. The van der Waals surface area contributed by atoms with Crippen molar-refractivity contribution in [1.82, 2.24) is 10.2 Å². The van der Waals surface area contributed by atoms with Crippen LogP contribution in [0.15, 0.2) is 36.4 Å². The first kappa shape index (κ1) is 17.8. The Hall–Kier alpha value is -3.03. The summed E-state index contributed by atoms with van der Waals surface area (Å²) in [4.78, 5) is 21.8. The summed E-state index contributed by atoms with van der Waals surface area (Å²) < 4.78 is 0. The van der Waals surface area contributed by atoms with Crippen LogP contribution in [0.2, 0.25) is 0 Å². The van der Waals surface area contributed by atoms with Crippen LogP contribution in [0, 0.1) is 22.0 Å². The minimum atomic E-state index is -0.733. The highest BCUT2D eigenvalue weighted by Crippen LogP contribution is 2.30. The van der Waals surface area contributed by atoms with Gasteiger partial charge in [0, 0.05) is 24.2 Å². The summed E-state index contributed by atoms with van der Waals surface area (Å²) >= 11 is 0. The number of carboxylic acid groups (broad SMARTS) is 1. The van der Waals surface area contributed by atoms with E-state index in [0.717, 1.165) is 25.7 Å². The molecule has 0 bridgehead atoms. The number of nitro benzene ring substituents is 1. The summed E-state index contributed by atoms with van der Waals surface area (Å²) in [7, 11) is 0. The largest absolute Gasteiger partial charge is 0.481 e. The molecule has 0 amide bonds. The molecule has 1 fully saturated rings. The lowest BCUT2D eigenvalue weighted by molar-refractivity contribution is -0.384. The van der Waals surface area contributed by atoms with Gasteiger partial charge in [-0.3, -0.25) is 14.9 Å². The molecular weight excluding hydrogens is 336 g/mol. The Morgan fingerprint density at radius 1 is 1.23 bits per heavy atom. The van der Waals surface area contributed by atoms with Crippen LogP contribution in [0.5, 0.6) is 0 Å². The summed E-state index contributed by atoms with van der Waals surface area (Å²) in [5, 5.41) is 31.6. The fraction of sp³-hybridized carbons (Fsp3) is 0.389. The third-order valence-electron chi connectivity index (χ3n) is 4.79. The second-order valence-electron chi connectivity index (χ2n) is 6.48. The summed E-state index contributed by atoms with van der Waals surface area (Å²) in [6.45, 7) is 0.543. The fourth-order valence-corrected chi connectivity index (χ4v) is 3.37. The van der Waals surface area contributed by atoms with Gasteiger partial charge in [-0.25, -0.2) is 0 Å². The van der Waals surface area contributed by atoms with Crippen LogP contribution in [0.3, 0.4) is 0 Å². The number of benzene rings is 1. The standard InChI is InChI=1S/C18H20N4O4/c23-18(24)15-7-2-1-4-13(15)11-19-17-9-8-16(20-21-17)12-5-3-6-14(10-12)22(25)26/h3,5-6,8-10,13,15H,1-2,4,7,11H2,(H,19,21)(H,23,24)/t13-,15-/m0/s1. The Morgan fingerprint density at radius 2 is 2.04 bits per heavy atom. The molecule has 0 saturated heterocycles. The molecule has 0 spiro atoms. The highest BCUT2D eigenvalue weighted by atomic mass is 16.6. The molecule has 1 aliphatic rings. The van der Waals surface area contributed by atoms with Gasteiger partial charge in [-0.1, -0.05) is 25.0 Å². The number of hydrogen-bond acceptors (Lipinski definition) is 6. The molecular formula is C18H20N4O4. The third kappa shape index (κ3) is 4.14. The monoisotopic (exact) mass is 356 g/mol. The van der Waals surface area contributed by atoms with Gasteiger partial charge in [-0.2, -0.15) is 0 Å². The van der Waals surface area contributed by atoms with E-state index < -0.39 is 10.9 Å². The molecule has 0 unspecified atom stereocenters. The molecule has 1 heterocycles. The van der Waals surface area contributed by atoms with Gasteiger partial charge < -0.3 is 10.4 Å². The maximum absolute atomic E-state index is 11.3. The van der Waals surface area contributed by atoms with Crippen LogP contribution in [0.25, 0.3) is 11.3 Å². The number of nitro groups is 1. The van der Waals surface area contributed by atoms with Crippen LogP contribution < -0.4 is 5.32 Å². The van der Waals surface area contributed by atoms with Crippen LogP contribution in [-0.4, -0.2) is 32.7 Å². The molecule has 0 radical (unpaired) electrons. The number of nitrogens with zero attached hydrogens (tertiary/aromatic N) is 3. The SMILES string of the molecule is O=C(O)[C@H]1CCCC[C@H]1CNc1ccc(-c2cccc([N+](=O)[O-])c2)nn1. The van der Waals surface area contributed by atoms with Gasteiger partial charge >= 0.3 is 5.97 Å². The van der Waals surface area contributed by atoms with E-state index in [0.29, 0.717) is 23.6 Å². The van der Waals surface area contributed by atoms with Crippen molar-refractivity contribution in [3.8, 4) is 11.3 Å². The Morgan fingerprint density at radius 3 is 2.73 bits per heavy atom. The molecule has 2 atom stereocenters. The van der Waals surface area contributed by atoms with Gasteiger partial charge in [0.15, 0.2) is 0 Å². The van der Waals surface area contributed by atoms with Gasteiger partial charge in [0.1, 0.15) is 5.82 Å². The van der Waals surface area contributed by atoms with Crippen LogP contribution in [0.1, 0.15) is 25.7 Å². The molecule has 136 valence electrons. The molecule has 3 rings (SSSR count). The zero-order valence-corrected chi connectivity index (χ0v) is 14.2. The zero-order valence-electron chi connectivity index (χ0n) is 14.2. The van der Waals surface area contributed by atoms with Crippen molar-refractivity contribution < 1.29 is 14.8 Å². The average molecular weight is 356 g/mol. The zero-order chi connectivity index (χ0) is 18.5. The molecule has 2 aromatic rings. The Labute approximate surface area is 150 Å². The Balaban J connectivity index is 1.65. The number of carbonyl (C=O) groups is 1. The number of carboxylic acids is 1. The minimum Gasteiger partial charge on any atom is -0.481 e. The van der Waals surface area contributed by atoms with Gasteiger partial charge in [-0.05, 0) is 30.9 Å². The number of nitrogens with one attached hydrogen (secondary N) is 1. The van der Waals surface area contributed by atoms with E-state index >= 15 is 0 Å². The highest BCUT2D eigenvalue weighted by Gasteiger charge is 2.30. The maximum atomic E-state index is 11.3. The predicted molar refractivity (Wildman–Crippen MR) is 95.7 cm³/mol. The molecule has 1 aromatic heterocycles. The van der Waals surface area contributed by atoms with E-state index in [9.17, 15) is 20.0 Å². The van der Waals surface area contributed by atoms with Crippen LogP contribution in [0.4, 0.5) is 11.5 Å². The van der Waals surface area contributed by atoms with E-state index in [1.54, 1.807) is 24.3 Å². The van der Waals surface area contributed by atoms with Gasteiger partial charge in [-0.15, -0.1) is 10.2 Å². The van der Waals surface area contributed by atoms with E-state index in [-0.39, 0.29) is 17.5 Å². The molecule has 26 heavy (non-hydrogen) atoms. The molecule has 8 heteroatoms. The van der Waals surface area contributed by atoms with Crippen molar-refractivity contribution in [2.75, 3.05) is 11.9 Å². The summed E-state index contributed by atoms with van der Waals surface area (Å²) in [5.74, 6) is -0.398. The number of anilines is 1. The third-order valence-corrected chi connectivity index (χ3v) is 4.79. The second-order valence-corrected chi connectivity index (χ2v) is 6.48. The fourth-order valence-electron chi connectivity index (χ4n) is 3.37. The van der Waals surface area contributed by atoms with Crippen molar-refractivity contribution in [3.05, 3.63) is 46.5 Å².